The predicted molar refractivity (Wildman–Crippen MR) is 49.0 cm³/mol. The number of nitrogens with zero attached hydrogens (tertiary/aromatic N) is 1. The minimum absolute atomic E-state index is 0.566. The summed E-state index contributed by atoms with van der Waals surface area (Å²) in [5.74, 6) is -3.27. The zero-order valence-electron chi connectivity index (χ0n) is 8.96. The third-order valence-corrected chi connectivity index (χ3v) is 1.66. The first-order valence-corrected chi connectivity index (χ1v) is 4.57. The van der Waals surface area contributed by atoms with Gasteiger partial charge in [-0.2, -0.15) is 18.4 Å². The maximum atomic E-state index is 12.5. The molecule has 0 saturated carbocycles. The lowest BCUT2D eigenvalue weighted by Gasteiger charge is -2.08. The molecule has 4 nitrogen and oxygen atoms in total. The Balaban J connectivity index is 3.19. The van der Waals surface area contributed by atoms with E-state index in [0.29, 0.717) is 6.07 Å². The minimum Gasteiger partial charge on any atom is -0.459 e. The van der Waals surface area contributed by atoms with Gasteiger partial charge in [0.15, 0.2) is 0 Å². The lowest BCUT2D eigenvalue weighted by molar-refractivity contribution is -0.153. The van der Waals surface area contributed by atoms with Crippen molar-refractivity contribution in [2.24, 2.45) is 0 Å². The van der Waals surface area contributed by atoms with Gasteiger partial charge >= 0.3 is 12.1 Å². The maximum Gasteiger partial charge on any atom is 0.450 e. The second kappa shape index (κ2) is 4.49. The predicted octanol–water partition coefficient (Wildman–Crippen LogP) is 2.74. The summed E-state index contributed by atoms with van der Waals surface area (Å²) in [7, 11) is 0. The van der Waals surface area contributed by atoms with E-state index in [9.17, 15) is 18.0 Å². The summed E-state index contributed by atoms with van der Waals surface area (Å²) in [6.45, 7) is 2.99. The van der Waals surface area contributed by atoms with Gasteiger partial charge in [-0.15, -0.1) is 0 Å². The van der Waals surface area contributed by atoms with Crippen molar-refractivity contribution in [3.63, 3.8) is 0 Å². The minimum atomic E-state index is -4.85. The highest BCUT2D eigenvalue weighted by molar-refractivity contribution is 5.91. The molecule has 0 aliphatic carbocycles. The highest BCUT2D eigenvalue weighted by Crippen LogP contribution is 2.34. The Morgan fingerprint density at radius 3 is 2.53 bits per heavy atom. The van der Waals surface area contributed by atoms with E-state index in [2.05, 4.69) is 9.15 Å². The fourth-order valence-electron chi connectivity index (χ4n) is 1.09. The van der Waals surface area contributed by atoms with Crippen LogP contribution in [-0.2, 0) is 10.9 Å². The molecule has 92 valence electrons. The Morgan fingerprint density at radius 1 is 1.53 bits per heavy atom. The van der Waals surface area contributed by atoms with Gasteiger partial charge in [0.05, 0.1) is 6.10 Å². The molecule has 1 heterocycles. The van der Waals surface area contributed by atoms with Crippen LogP contribution in [0.3, 0.4) is 0 Å². The number of hydrogen-bond donors (Lipinski definition) is 0. The third-order valence-electron chi connectivity index (χ3n) is 1.66. The molecule has 1 aromatic heterocycles. The molecular weight excluding hydrogens is 239 g/mol. The number of furan rings is 1. The highest BCUT2D eigenvalue weighted by Gasteiger charge is 2.41. The monoisotopic (exact) mass is 247 g/mol. The van der Waals surface area contributed by atoms with Gasteiger partial charge < -0.3 is 9.15 Å². The SMILES string of the molecule is CC(C)OC(=O)c1cc(C#N)oc1C(F)(F)F. The first-order valence-electron chi connectivity index (χ1n) is 4.57. The number of esters is 1. The average molecular weight is 247 g/mol. The molecule has 0 aliphatic heterocycles. The zero-order chi connectivity index (χ0) is 13.2. The number of alkyl halides is 3. The third kappa shape index (κ3) is 3.00. The van der Waals surface area contributed by atoms with E-state index >= 15 is 0 Å². The lowest BCUT2D eigenvalue weighted by Crippen LogP contribution is -2.16. The molecule has 17 heavy (non-hydrogen) atoms. The molecule has 0 bridgehead atoms. The van der Waals surface area contributed by atoms with Gasteiger partial charge in [0, 0.05) is 6.07 Å². The van der Waals surface area contributed by atoms with Crippen molar-refractivity contribution < 1.29 is 27.1 Å². The van der Waals surface area contributed by atoms with Crippen LogP contribution in [0.25, 0.3) is 0 Å². The summed E-state index contributed by atoms with van der Waals surface area (Å²) >= 11 is 0. The molecule has 0 unspecified atom stereocenters. The summed E-state index contributed by atoms with van der Waals surface area (Å²) in [6.07, 6.45) is -5.41. The van der Waals surface area contributed by atoms with Crippen molar-refractivity contribution in [3.8, 4) is 6.07 Å². The van der Waals surface area contributed by atoms with E-state index in [1.807, 2.05) is 0 Å². The topological polar surface area (TPSA) is 63.2 Å². The number of rotatable bonds is 2. The highest BCUT2D eigenvalue weighted by atomic mass is 19.4. The number of nitriles is 1. The quantitative estimate of drug-likeness (QED) is 0.754. The van der Waals surface area contributed by atoms with E-state index < -0.39 is 35.3 Å². The maximum absolute atomic E-state index is 12.5. The standard InChI is InChI=1S/C10H8F3NO3/c1-5(2)16-9(15)7-3-6(4-14)17-8(7)10(11,12)13/h3,5H,1-2H3. The van der Waals surface area contributed by atoms with E-state index in [1.54, 1.807) is 0 Å². The van der Waals surface area contributed by atoms with Crippen LogP contribution < -0.4 is 0 Å². The molecule has 0 spiro atoms. The van der Waals surface area contributed by atoms with Crippen LogP contribution in [-0.4, -0.2) is 12.1 Å². The molecule has 0 aromatic carbocycles. The van der Waals surface area contributed by atoms with Crippen LogP contribution in [0.2, 0.25) is 0 Å². The van der Waals surface area contributed by atoms with Gasteiger partial charge in [0.25, 0.3) is 0 Å². The molecule has 0 N–H and O–H groups in total. The normalized spacial score (nSPS) is 11.4. The molecule has 1 aromatic rings. The molecule has 1 rings (SSSR count). The zero-order valence-corrected chi connectivity index (χ0v) is 8.96. The van der Waals surface area contributed by atoms with Gasteiger partial charge in [0.1, 0.15) is 11.6 Å². The Bertz CT molecular complexity index is 468. The largest absolute Gasteiger partial charge is 0.459 e. The lowest BCUT2D eigenvalue weighted by atomic mass is 10.2. The summed E-state index contributed by atoms with van der Waals surface area (Å²) in [6, 6.07) is 2.11. The Morgan fingerprint density at radius 2 is 2.12 bits per heavy atom. The van der Waals surface area contributed by atoms with Crippen LogP contribution >= 0.6 is 0 Å². The van der Waals surface area contributed by atoms with Crippen molar-refractivity contribution in [2.75, 3.05) is 0 Å². The van der Waals surface area contributed by atoms with Gasteiger partial charge in [0.2, 0.25) is 11.5 Å². The van der Waals surface area contributed by atoms with Crippen molar-refractivity contribution >= 4 is 5.97 Å². The molecule has 0 radical (unpaired) electrons. The Labute approximate surface area is 94.6 Å². The van der Waals surface area contributed by atoms with Crippen LogP contribution in [0.5, 0.6) is 0 Å². The van der Waals surface area contributed by atoms with Gasteiger partial charge in [-0.3, -0.25) is 0 Å². The number of hydrogen-bond acceptors (Lipinski definition) is 4. The van der Waals surface area contributed by atoms with Crippen molar-refractivity contribution in [3.05, 3.63) is 23.2 Å². The van der Waals surface area contributed by atoms with E-state index in [0.717, 1.165) is 0 Å². The average Bonchev–Trinajstić information content (AvgIpc) is 2.59. The summed E-state index contributed by atoms with van der Waals surface area (Å²) in [5, 5.41) is 8.44. The molecule has 0 aliphatic rings. The number of carbonyl (C=O) groups is 1. The summed E-state index contributed by atoms with van der Waals surface area (Å²) < 4.78 is 46.3. The van der Waals surface area contributed by atoms with Crippen molar-refractivity contribution in [1.29, 1.82) is 5.26 Å². The second-order valence-corrected chi connectivity index (χ2v) is 3.42. The molecule has 0 saturated heterocycles. The molecule has 7 heteroatoms. The smallest absolute Gasteiger partial charge is 0.450 e. The Kier molecular flexibility index (Phi) is 3.46. The molecule has 0 fully saturated rings. The van der Waals surface area contributed by atoms with Crippen LogP contribution in [0, 0.1) is 11.3 Å². The van der Waals surface area contributed by atoms with Crippen molar-refractivity contribution in [1.82, 2.24) is 0 Å². The summed E-state index contributed by atoms with van der Waals surface area (Å²) in [4.78, 5) is 11.4. The molecule has 0 atom stereocenters. The van der Waals surface area contributed by atoms with Gasteiger partial charge in [-0.05, 0) is 13.8 Å². The Hall–Kier alpha value is -1.97. The number of ether oxygens (including phenoxy) is 1. The van der Waals surface area contributed by atoms with Crippen molar-refractivity contribution in [2.45, 2.75) is 26.1 Å². The fraction of sp³-hybridized carbons (Fsp3) is 0.400. The number of halogens is 3. The van der Waals surface area contributed by atoms with Gasteiger partial charge in [-0.25, -0.2) is 4.79 Å². The summed E-state index contributed by atoms with van der Waals surface area (Å²) in [5.41, 5.74) is -0.789. The fourth-order valence-corrected chi connectivity index (χ4v) is 1.09. The molecular formula is C10H8F3NO3. The first kappa shape index (κ1) is 13.1. The van der Waals surface area contributed by atoms with E-state index in [-0.39, 0.29) is 0 Å². The van der Waals surface area contributed by atoms with Gasteiger partial charge in [-0.1, -0.05) is 0 Å². The van der Waals surface area contributed by atoms with E-state index in [4.69, 9.17) is 5.26 Å². The van der Waals surface area contributed by atoms with Crippen LogP contribution in [0.15, 0.2) is 10.5 Å². The van der Waals surface area contributed by atoms with E-state index in [1.165, 1.54) is 19.9 Å². The molecule has 0 amide bonds. The van der Waals surface area contributed by atoms with Crippen LogP contribution in [0.1, 0.15) is 35.7 Å². The van der Waals surface area contributed by atoms with Crippen LogP contribution in [0.4, 0.5) is 13.2 Å². The second-order valence-electron chi connectivity index (χ2n) is 3.42. The number of carbonyl (C=O) groups excluding carboxylic acids is 1. The first-order chi connectivity index (χ1) is 7.75.